The molecule has 3 rings (SSSR count). The van der Waals surface area contributed by atoms with E-state index in [0.29, 0.717) is 11.5 Å². The first-order chi connectivity index (χ1) is 12.4. The summed E-state index contributed by atoms with van der Waals surface area (Å²) in [5.74, 6) is 0.0774. The topological polar surface area (TPSA) is 119 Å². The second kappa shape index (κ2) is 7.46. The molecule has 0 aliphatic heterocycles. The third-order valence-corrected chi connectivity index (χ3v) is 4.61. The maximum absolute atomic E-state index is 12.7. The van der Waals surface area contributed by atoms with Crippen LogP contribution in [-0.4, -0.2) is 24.5 Å². The molecule has 2 aromatic carbocycles. The van der Waals surface area contributed by atoms with Gasteiger partial charge in [0.2, 0.25) is 22.3 Å². The molecule has 0 saturated heterocycles. The Morgan fingerprint density at radius 3 is 2.35 bits per heavy atom. The lowest BCUT2D eigenvalue weighted by Crippen LogP contribution is -2.32. The Balaban J connectivity index is 1.85. The zero-order chi connectivity index (χ0) is 18.6. The number of amides is 1. The maximum Gasteiger partial charge on any atom is 0.238 e. The number of hydrogen-bond donors (Lipinski definition) is 1. The highest BCUT2D eigenvalue weighted by Crippen LogP contribution is 2.19. The number of anilines is 1. The fourth-order valence-corrected chi connectivity index (χ4v) is 2.91. The lowest BCUT2D eigenvalue weighted by molar-refractivity contribution is -0.118. The first kappa shape index (κ1) is 17.8. The molecule has 134 valence electrons. The van der Waals surface area contributed by atoms with Crippen LogP contribution in [0.4, 0.5) is 5.69 Å². The van der Waals surface area contributed by atoms with Gasteiger partial charge in [0.25, 0.3) is 0 Å². The van der Waals surface area contributed by atoms with E-state index in [9.17, 15) is 13.2 Å². The Kier molecular flexibility index (Phi) is 5.10. The Morgan fingerprint density at radius 2 is 1.77 bits per heavy atom. The van der Waals surface area contributed by atoms with Crippen molar-refractivity contribution in [3.63, 3.8) is 0 Å². The molecule has 2 N–H and O–H groups in total. The molecular weight excluding hydrogens is 356 g/mol. The van der Waals surface area contributed by atoms with Gasteiger partial charge in [0.15, 0.2) is 5.82 Å². The molecular formula is C17H16N4O4S. The number of carbonyl (C=O) groups excluding carboxylic acids is 1. The van der Waals surface area contributed by atoms with Crippen LogP contribution in [0.1, 0.15) is 11.4 Å². The molecule has 1 heterocycles. The molecule has 0 spiro atoms. The number of carbonyl (C=O) groups is 1. The number of aromatic nitrogens is 2. The molecule has 8 nitrogen and oxygen atoms in total. The van der Waals surface area contributed by atoms with Crippen LogP contribution in [0.3, 0.4) is 0 Å². The van der Waals surface area contributed by atoms with Crippen LogP contribution in [-0.2, 0) is 27.8 Å². The summed E-state index contributed by atoms with van der Waals surface area (Å²) in [6.07, 6.45) is 1.15. The van der Waals surface area contributed by atoms with E-state index >= 15 is 0 Å². The first-order valence-corrected chi connectivity index (χ1v) is 9.20. The minimum absolute atomic E-state index is 0.0132. The number of nitrogens with zero attached hydrogens (tertiary/aromatic N) is 3. The van der Waals surface area contributed by atoms with Crippen molar-refractivity contribution >= 4 is 21.6 Å². The molecule has 0 atom stereocenters. The van der Waals surface area contributed by atoms with Gasteiger partial charge in [-0.05, 0) is 29.8 Å². The minimum Gasteiger partial charge on any atom is -0.343 e. The third kappa shape index (κ3) is 4.32. The van der Waals surface area contributed by atoms with Crippen molar-refractivity contribution in [1.82, 2.24) is 10.1 Å². The van der Waals surface area contributed by atoms with Crippen molar-refractivity contribution < 1.29 is 17.7 Å². The van der Waals surface area contributed by atoms with Crippen molar-refractivity contribution in [3.05, 3.63) is 72.4 Å². The van der Waals surface area contributed by atoms with Crippen LogP contribution in [0.15, 0.2) is 70.4 Å². The number of nitrogens with two attached hydrogens (primary N) is 1. The van der Waals surface area contributed by atoms with Crippen molar-refractivity contribution in [1.29, 1.82) is 0 Å². The zero-order valence-corrected chi connectivity index (χ0v) is 14.5. The highest BCUT2D eigenvalue weighted by molar-refractivity contribution is 7.89. The smallest absolute Gasteiger partial charge is 0.238 e. The fourth-order valence-electron chi connectivity index (χ4n) is 2.40. The molecule has 0 aliphatic carbocycles. The van der Waals surface area contributed by atoms with E-state index < -0.39 is 10.0 Å². The predicted molar refractivity (Wildman–Crippen MR) is 93.4 cm³/mol. The zero-order valence-electron chi connectivity index (χ0n) is 13.6. The van der Waals surface area contributed by atoms with Gasteiger partial charge in [-0.2, -0.15) is 4.98 Å². The standard InChI is InChI=1S/C17H16N4O4S/c18-26(23,24)15-8-6-13(7-9-15)11-21(14-4-2-1-3-5-14)17(22)10-16-19-12-25-20-16/h1-9,12H,10-11H2,(H2,18,23,24). The summed E-state index contributed by atoms with van der Waals surface area (Å²) in [4.78, 5) is 18.2. The fraction of sp³-hybridized carbons (Fsp3) is 0.118. The molecule has 1 aromatic heterocycles. The molecule has 0 unspecified atom stereocenters. The molecule has 0 bridgehead atoms. The average Bonchev–Trinajstić information content (AvgIpc) is 3.13. The second-order valence-corrected chi connectivity index (χ2v) is 7.09. The van der Waals surface area contributed by atoms with E-state index in [-0.39, 0.29) is 23.8 Å². The number of sulfonamides is 1. The molecule has 26 heavy (non-hydrogen) atoms. The molecule has 0 aliphatic rings. The number of hydrogen-bond acceptors (Lipinski definition) is 6. The van der Waals surface area contributed by atoms with Gasteiger partial charge in [0.05, 0.1) is 17.9 Å². The number of rotatable bonds is 6. The molecule has 0 saturated carbocycles. The second-order valence-electron chi connectivity index (χ2n) is 5.53. The van der Waals surface area contributed by atoms with Crippen LogP contribution in [0.5, 0.6) is 0 Å². The van der Waals surface area contributed by atoms with E-state index in [4.69, 9.17) is 5.14 Å². The summed E-state index contributed by atoms with van der Waals surface area (Å²) in [6.45, 7) is 0.256. The number of primary sulfonamides is 1. The summed E-state index contributed by atoms with van der Waals surface area (Å²) < 4.78 is 27.4. The summed E-state index contributed by atoms with van der Waals surface area (Å²) in [5.41, 5.74) is 1.46. The van der Waals surface area contributed by atoms with Gasteiger partial charge in [-0.15, -0.1) is 0 Å². The summed E-state index contributed by atoms with van der Waals surface area (Å²) in [7, 11) is -3.76. The Bertz CT molecular complexity index is 971. The normalized spacial score (nSPS) is 11.3. The van der Waals surface area contributed by atoms with Gasteiger partial charge in [-0.25, -0.2) is 13.6 Å². The van der Waals surface area contributed by atoms with Crippen LogP contribution in [0.2, 0.25) is 0 Å². The van der Waals surface area contributed by atoms with Gasteiger partial charge >= 0.3 is 0 Å². The van der Waals surface area contributed by atoms with E-state index in [1.807, 2.05) is 30.3 Å². The Morgan fingerprint density at radius 1 is 1.08 bits per heavy atom. The van der Waals surface area contributed by atoms with Crippen molar-refractivity contribution in [2.24, 2.45) is 5.14 Å². The first-order valence-electron chi connectivity index (χ1n) is 7.66. The van der Waals surface area contributed by atoms with Crippen molar-refractivity contribution in [2.75, 3.05) is 4.90 Å². The SMILES string of the molecule is NS(=O)(=O)c1ccc(CN(C(=O)Cc2ncon2)c2ccccc2)cc1. The third-order valence-electron chi connectivity index (χ3n) is 3.68. The lowest BCUT2D eigenvalue weighted by atomic mass is 10.1. The Hall–Kier alpha value is -3.04. The van der Waals surface area contributed by atoms with Crippen molar-refractivity contribution in [2.45, 2.75) is 17.9 Å². The minimum atomic E-state index is -3.76. The average molecular weight is 372 g/mol. The van der Waals surface area contributed by atoms with Gasteiger partial charge in [-0.1, -0.05) is 35.5 Å². The summed E-state index contributed by atoms with van der Waals surface area (Å²) >= 11 is 0. The van der Waals surface area contributed by atoms with E-state index in [1.165, 1.54) is 18.5 Å². The van der Waals surface area contributed by atoms with Gasteiger partial charge in [0, 0.05) is 5.69 Å². The number of para-hydroxylation sites is 1. The van der Waals surface area contributed by atoms with Crippen LogP contribution < -0.4 is 10.0 Å². The van der Waals surface area contributed by atoms with Crippen LogP contribution >= 0.6 is 0 Å². The quantitative estimate of drug-likeness (QED) is 0.700. The van der Waals surface area contributed by atoms with Crippen molar-refractivity contribution in [3.8, 4) is 0 Å². The summed E-state index contributed by atoms with van der Waals surface area (Å²) in [5, 5.41) is 8.77. The number of benzene rings is 2. The molecule has 1 amide bonds. The largest absolute Gasteiger partial charge is 0.343 e. The molecule has 0 fully saturated rings. The van der Waals surface area contributed by atoms with Gasteiger partial charge < -0.3 is 9.42 Å². The monoisotopic (exact) mass is 372 g/mol. The lowest BCUT2D eigenvalue weighted by Gasteiger charge is -2.22. The van der Waals surface area contributed by atoms with Crippen LogP contribution in [0, 0.1) is 0 Å². The molecule has 3 aromatic rings. The van der Waals surface area contributed by atoms with Crippen LogP contribution in [0.25, 0.3) is 0 Å². The summed E-state index contributed by atoms with van der Waals surface area (Å²) in [6, 6.07) is 15.2. The maximum atomic E-state index is 12.7. The predicted octanol–water partition coefficient (Wildman–Crippen LogP) is 1.49. The highest BCUT2D eigenvalue weighted by atomic mass is 32.2. The Labute approximate surface area is 150 Å². The van der Waals surface area contributed by atoms with E-state index in [0.717, 1.165) is 5.56 Å². The van der Waals surface area contributed by atoms with Gasteiger partial charge in [0.1, 0.15) is 0 Å². The van der Waals surface area contributed by atoms with Gasteiger partial charge in [-0.3, -0.25) is 4.79 Å². The van der Waals surface area contributed by atoms with E-state index in [1.54, 1.807) is 17.0 Å². The molecule has 9 heteroatoms. The molecule has 0 radical (unpaired) electrons. The highest BCUT2D eigenvalue weighted by Gasteiger charge is 2.19. The van der Waals surface area contributed by atoms with E-state index in [2.05, 4.69) is 14.7 Å².